The zero-order chi connectivity index (χ0) is 11.4. The van der Waals surface area contributed by atoms with Crippen LogP contribution < -0.4 is 4.74 Å². The molecule has 2 aromatic rings. The van der Waals surface area contributed by atoms with Crippen molar-refractivity contribution in [3.8, 4) is 11.5 Å². The summed E-state index contributed by atoms with van der Waals surface area (Å²) in [6.45, 7) is -0.126. The summed E-state index contributed by atoms with van der Waals surface area (Å²) in [5.74, 6) is 0.654. The molecule has 1 aromatic carbocycles. The molecule has 0 aliphatic rings. The molecule has 0 aliphatic carbocycles. The predicted octanol–water partition coefficient (Wildman–Crippen LogP) is 2.51. The molecule has 0 atom stereocenters. The number of benzene rings is 1. The van der Waals surface area contributed by atoms with Crippen molar-refractivity contribution < 1.29 is 14.2 Å². The Hall–Kier alpha value is -1.94. The van der Waals surface area contributed by atoms with Crippen molar-refractivity contribution in [1.29, 1.82) is 0 Å². The summed E-state index contributed by atoms with van der Waals surface area (Å²) in [5, 5.41) is 9.07. The van der Waals surface area contributed by atoms with Crippen LogP contribution in [0.1, 0.15) is 5.56 Å². The number of nitrogens with zero attached hydrogens (tertiary/aromatic N) is 1. The van der Waals surface area contributed by atoms with E-state index in [4.69, 9.17) is 9.84 Å². The lowest BCUT2D eigenvalue weighted by Crippen LogP contribution is -1.92. The van der Waals surface area contributed by atoms with E-state index in [1.165, 1.54) is 30.5 Å². The normalized spacial score (nSPS) is 10.1. The fourth-order valence-corrected chi connectivity index (χ4v) is 1.26. The Morgan fingerprint density at radius 1 is 1.19 bits per heavy atom. The highest BCUT2D eigenvalue weighted by molar-refractivity contribution is 5.34. The van der Waals surface area contributed by atoms with Crippen molar-refractivity contribution in [2.75, 3.05) is 0 Å². The molecule has 0 unspecified atom stereocenters. The SMILES string of the molecule is OCc1ccncc1Oc1ccc(F)cc1. The molecule has 2 rings (SSSR count). The molecular formula is C12H10FNO2. The highest BCUT2D eigenvalue weighted by atomic mass is 19.1. The second-order valence-corrected chi connectivity index (χ2v) is 3.20. The van der Waals surface area contributed by atoms with Crippen molar-refractivity contribution in [3.63, 3.8) is 0 Å². The van der Waals surface area contributed by atoms with E-state index < -0.39 is 0 Å². The number of aliphatic hydroxyl groups is 1. The first-order chi connectivity index (χ1) is 7.79. The summed E-state index contributed by atoms with van der Waals surface area (Å²) < 4.78 is 18.1. The Morgan fingerprint density at radius 3 is 2.62 bits per heavy atom. The number of pyridine rings is 1. The number of rotatable bonds is 3. The van der Waals surface area contributed by atoms with Crippen LogP contribution in [0.25, 0.3) is 0 Å². The van der Waals surface area contributed by atoms with Gasteiger partial charge in [0.2, 0.25) is 0 Å². The van der Waals surface area contributed by atoms with E-state index in [9.17, 15) is 4.39 Å². The number of hydrogen-bond acceptors (Lipinski definition) is 3. The monoisotopic (exact) mass is 219 g/mol. The molecule has 0 amide bonds. The molecule has 0 radical (unpaired) electrons. The van der Waals surface area contributed by atoms with Crippen molar-refractivity contribution in [2.24, 2.45) is 0 Å². The van der Waals surface area contributed by atoms with E-state index in [-0.39, 0.29) is 12.4 Å². The van der Waals surface area contributed by atoms with E-state index in [0.29, 0.717) is 17.1 Å². The van der Waals surface area contributed by atoms with Gasteiger partial charge in [-0.1, -0.05) is 0 Å². The Balaban J connectivity index is 2.23. The summed E-state index contributed by atoms with van der Waals surface area (Å²) in [4.78, 5) is 3.90. The highest BCUT2D eigenvalue weighted by Crippen LogP contribution is 2.24. The Kier molecular flexibility index (Phi) is 3.12. The van der Waals surface area contributed by atoms with Crippen LogP contribution in [0.3, 0.4) is 0 Å². The van der Waals surface area contributed by atoms with Gasteiger partial charge in [-0.25, -0.2) is 4.39 Å². The molecule has 0 spiro atoms. The molecule has 1 aromatic heterocycles. The van der Waals surface area contributed by atoms with Gasteiger partial charge in [-0.05, 0) is 30.3 Å². The summed E-state index contributed by atoms with van der Waals surface area (Å²) >= 11 is 0. The zero-order valence-electron chi connectivity index (χ0n) is 8.43. The molecule has 0 saturated heterocycles. The van der Waals surface area contributed by atoms with Crippen LogP contribution in [0.2, 0.25) is 0 Å². The van der Waals surface area contributed by atoms with Crippen molar-refractivity contribution in [1.82, 2.24) is 4.98 Å². The minimum absolute atomic E-state index is 0.126. The quantitative estimate of drug-likeness (QED) is 0.862. The summed E-state index contributed by atoms with van der Waals surface area (Å²) in [6.07, 6.45) is 3.08. The lowest BCUT2D eigenvalue weighted by Gasteiger charge is -2.08. The molecule has 3 nitrogen and oxygen atoms in total. The molecule has 0 saturated carbocycles. The first kappa shape index (κ1) is 10.6. The van der Waals surface area contributed by atoms with Gasteiger partial charge in [0.1, 0.15) is 11.6 Å². The Morgan fingerprint density at radius 2 is 1.94 bits per heavy atom. The van der Waals surface area contributed by atoms with Gasteiger partial charge in [0, 0.05) is 11.8 Å². The van der Waals surface area contributed by atoms with Crippen molar-refractivity contribution in [3.05, 3.63) is 54.1 Å². The molecule has 1 N–H and O–H groups in total. The van der Waals surface area contributed by atoms with E-state index in [1.807, 2.05) is 0 Å². The lowest BCUT2D eigenvalue weighted by molar-refractivity contribution is 0.276. The van der Waals surface area contributed by atoms with Crippen LogP contribution in [0, 0.1) is 5.82 Å². The lowest BCUT2D eigenvalue weighted by atomic mass is 10.2. The van der Waals surface area contributed by atoms with Gasteiger partial charge in [0.05, 0.1) is 12.8 Å². The van der Waals surface area contributed by atoms with Crippen molar-refractivity contribution in [2.45, 2.75) is 6.61 Å². The molecular weight excluding hydrogens is 209 g/mol. The van der Waals surface area contributed by atoms with Crippen LogP contribution >= 0.6 is 0 Å². The zero-order valence-corrected chi connectivity index (χ0v) is 8.43. The van der Waals surface area contributed by atoms with Gasteiger partial charge in [0.15, 0.2) is 5.75 Å². The maximum absolute atomic E-state index is 12.7. The maximum Gasteiger partial charge on any atom is 0.151 e. The van der Waals surface area contributed by atoms with E-state index in [2.05, 4.69) is 4.98 Å². The topological polar surface area (TPSA) is 42.4 Å². The second-order valence-electron chi connectivity index (χ2n) is 3.20. The van der Waals surface area contributed by atoms with Crippen LogP contribution in [0.4, 0.5) is 4.39 Å². The molecule has 4 heteroatoms. The average molecular weight is 219 g/mol. The standard InChI is InChI=1S/C12H10FNO2/c13-10-1-3-11(4-2-10)16-12-7-14-6-5-9(12)8-15/h1-7,15H,8H2. The summed E-state index contributed by atoms with van der Waals surface area (Å²) in [6, 6.07) is 7.32. The highest BCUT2D eigenvalue weighted by Gasteiger charge is 2.03. The number of ether oxygens (including phenoxy) is 1. The smallest absolute Gasteiger partial charge is 0.151 e. The second kappa shape index (κ2) is 4.72. The molecule has 82 valence electrons. The third-order valence-corrected chi connectivity index (χ3v) is 2.08. The minimum Gasteiger partial charge on any atom is -0.455 e. The summed E-state index contributed by atoms with van der Waals surface area (Å²) in [7, 11) is 0. The van der Waals surface area contributed by atoms with E-state index in [1.54, 1.807) is 12.3 Å². The van der Waals surface area contributed by atoms with Gasteiger partial charge < -0.3 is 9.84 Å². The molecule has 0 bridgehead atoms. The minimum atomic E-state index is -0.319. The van der Waals surface area contributed by atoms with Crippen LogP contribution in [-0.2, 0) is 6.61 Å². The van der Waals surface area contributed by atoms with Crippen LogP contribution in [0.5, 0.6) is 11.5 Å². The largest absolute Gasteiger partial charge is 0.455 e. The van der Waals surface area contributed by atoms with E-state index in [0.717, 1.165) is 0 Å². The van der Waals surface area contributed by atoms with Gasteiger partial charge >= 0.3 is 0 Å². The average Bonchev–Trinajstić information content (AvgIpc) is 2.33. The Bertz CT molecular complexity index is 471. The van der Waals surface area contributed by atoms with Crippen LogP contribution in [0.15, 0.2) is 42.7 Å². The number of aromatic nitrogens is 1. The van der Waals surface area contributed by atoms with Gasteiger partial charge in [-0.15, -0.1) is 0 Å². The first-order valence-corrected chi connectivity index (χ1v) is 4.77. The van der Waals surface area contributed by atoms with Gasteiger partial charge in [0.25, 0.3) is 0 Å². The maximum atomic E-state index is 12.7. The predicted molar refractivity (Wildman–Crippen MR) is 56.6 cm³/mol. The van der Waals surface area contributed by atoms with Crippen LogP contribution in [-0.4, -0.2) is 10.1 Å². The molecule has 0 fully saturated rings. The third-order valence-electron chi connectivity index (χ3n) is 2.08. The molecule has 1 heterocycles. The number of halogens is 1. The fourth-order valence-electron chi connectivity index (χ4n) is 1.26. The van der Waals surface area contributed by atoms with Gasteiger partial charge in [-0.2, -0.15) is 0 Å². The third kappa shape index (κ3) is 2.35. The van der Waals surface area contributed by atoms with Crippen molar-refractivity contribution >= 4 is 0 Å². The molecule has 0 aliphatic heterocycles. The number of hydrogen-bond donors (Lipinski definition) is 1. The molecule has 16 heavy (non-hydrogen) atoms. The first-order valence-electron chi connectivity index (χ1n) is 4.77. The summed E-state index contributed by atoms with van der Waals surface area (Å²) in [5.41, 5.74) is 0.638. The fraction of sp³-hybridized carbons (Fsp3) is 0.0833. The Labute approximate surface area is 92.1 Å². The van der Waals surface area contributed by atoms with Gasteiger partial charge in [-0.3, -0.25) is 4.98 Å². The van der Waals surface area contributed by atoms with E-state index >= 15 is 0 Å². The number of aliphatic hydroxyl groups excluding tert-OH is 1.